The molecule has 1 saturated heterocycles. The van der Waals surface area contributed by atoms with Crippen LogP contribution < -0.4 is 0 Å². The minimum atomic E-state index is -1.03. The summed E-state index contributed by atoms with van der Waals surface area (Å²) in [7, 11) is 1.81. The monoisotopic (exact) mass is 335 g/mol. The van der Waals surface area contributed by atoms with Crippen LogP contribution in [0.1, 0.15) is 52.4 Å². The third kappa shape index (κ3) is 3.98. The highest BCUT2D eigenvalue weighted by Crippen LogP contribution is 2.22. The van der Waals surface area contributed by atoms with Crippen molar-refractivity contribution in [1.29, 1.82) is 0 Å². The number of hydrogen-bond acceptors (Lipinski definition) is 3. The number of aromatic amines is 1. The number of carboxylic acid groups (broad SMARTS) is 1. The topological polar surface area (TPSA) is 76.6 Å². The number of carboxylic acids is 1. The standard InChI is InChI=1S/C18H29N3O3/c1-11(2)8-21-7-6-14(10-21)9-20(5)17(22)15-12(3)16(18(23)24)19-13(15)4/h11,14,19H,6-10H2,1-5H3,(H,23,24). The molecule has 1 atom stereocenters. The van der Waals surface area contributed by atoms with E-state index in [-0.39, 0.29) is 11.6 Å². The van der Waals surface area contributed by atoms with Gasteiger partial charge < -0.3 is 19.9 Å². The van der Waals surface area contributed by atoms with Crippen LogP contribution in [0.4, 0.5) is 0 Å². The summed E-state index contributed by atoms with van der Waals surface area (Å²) in [5.74, 6) is 0.00684. The van der Waals surface area contributed by atoms with Gasteiger partial charge in [0.15, 0.2) is 0 Å². The Balaban J connectivity index is 2.02. The van der Waals surface area contributed by atoms with Crippen LogP contribution in [0.3, 0.4) is 0 Å². The predicted octanol–water partition coefficient (Wildman–Crippen LogP) is 2.38. The van der Waals surface area contributed by atoms with Crippen molar-refractivity contribution in [3.05, 3.63) is 22.5 Å². The number of carbonyl (C=O) groups is 2. The second-order valence-electron chi connectivity index (χ2n) is 7.42. The fourth-order valence-corrected chi connectivity index (χ4v) is 3.69. The third-order valence-electron chi connectivity index (χ3n) is 4.74. The maximum atomic E-state index is 12.8. The van der Waals surface area contributed by atoms with E-state index in [0.29, 0.717) is 35.2 Å². The van der Waals surface area contributed by atoms with E-state index in [0.717, 1.165) is 26.1 Å². The fraction of sp³-hybridized carbons (Fsp3) is 0.667. The average molecular weight is 335 g/mol. The van der Waals surface area contributed by atoms with Crippen LogP contribution in [0.5, 0.6) is 0 Å². The number of carbonyl (C=O) groups excluding carboxylic acids is 1. The van der Waals surface area contributed by atoms with Crippen molar-refractivity contribution in [2.45, 2.75) is 34.1 Å². The van der Waals surface area contributed by atoms with Crippen LogP contribution >= 0.6 is 0 Å². The number of nitrogens with zero attached hydrogens (tertiary/aromatic N) is 2. The Labute approximate surface area is 143 Å². The first-order valence-corrected chi connectivity index (χ1v) is 8.61. The third-order valence-corrected chi connectivity index (χ3v) is 4.74. The molecule has 134 valence electrons. The molecule has 0 spiro atoms. The Morgan fingerprint density at radius 3 is 2.58 bits per heavy atom. The molecule has 1 unspecified atom stereocenters. The molecule has 2 heterocycles. The normalized spacial score (nSPS) is 18.3. The van der Waals surface area contributed by atoms with Crippen LogP contribution in [0.2, 0.25) is 0 Å². The van der Waals surface area contributed by atoms with E-state index in [2.05, 4.69) is 23.7 Å². The van der Waals surface area contributed by atoms with Crippen molar-refractivity contribution in [3.63, 3.8) is 0 Å². The number of rotatable bonds is 6. The van der Waals surface area contributed by atoms with Crippen molar-refractivity contribution < 1.29 is 14.7 Å². The van der Waals surface area contributed by atoms with Gasteiger partial charge in [0.05, 0.1) is 5.56 Å². The Hall–Kier alpha value is -1.82. The minimum absolute atomic E-state index is 0.101. The highest BCUT2D eigenvalue weighted by molar-refractivity contribution is 6.00. The molecule has 2 N–H and O–H groups in total. The fourth-order valence-electron chi connectivity index (χ4n) is 3.69. The molecule has 0 radical (unpaired) electrons. The Morgan fingerprint density at radius 1 is 1.38 bits per heavy atom. The summed E-state index contributed by atoms with van der Waals surface area (Å²) >= 11 is 0. The molecule has 2 rings (SSSR count). The lowest BCUT2D eigenvalue weighted by molar-refractivity contribution is 0.0690. The Bertz CT molecular complexity index is 621. The van der Waals surface area contributed by atoms with E-state index in [1.165, 1.54) is 0 Å². The van der Waals surface area contributed by atoms with Crippen LogP contribution in [0.15, 0.2) is 0 Å². The zero-order chi connectivity index (χ0) is 18.0. The molecular formula is C18H29N3O3. The average Bonchev–Trinajstić information content (AvgIpc) is 3.02. The summed E-state index contributed by atoms with van der Waals surface area (Å²) in [6.07, 6.45) is 1.11. The molecule has 0 bridgehead atoms. The van der Waals surface area contributed by atoms with E-state index in [4.69, 9.17) is 0 Å². The van der Waals surface area contributed by atoms with E-state index in [1.54, 1.807) is 25.8 Å². The largest absolute Gasteiger partial charge is 0.477 e. The quantitative estimate of drug-likeness (QED) is 0.837. The van der Waals surface area contributed by atoms with Gasteiger partial charge in [-0.25, -0.2) is 4.79 Å². The summed E-state index contributed by atoms with van der Waals surface area (Å²) in [6.45, 7) is 11.8. The first-order valence-electron chi connectivity index (χ1n) is 8.61. The lowest BCUT2D eigenvalue weighted by atomic mass is 10.1. The predicted molar refractivity (Wildman–Crippen MR) is 93.6 cm³/mol. The number of hydrogen-bond donors (Lipinski definition) is 2. The van der Waals surface area contributed by atoms with Gasteiger partial charge in [0.2, 0.25) is 0 Å². The highest BCUT2D eigenvalue weighted by atomic mass is 16.4. The Morgan fingerprint density at radius 2 is 2.04 bits per heavy atom. The van der Waals surface area contributed by atoms with Crippen molar-refractivity contribution >= 4 is 11.9 Å². The SMILES string of the molecule is Cc1[nH]c(C(=O)O)c(C)c1C(=O)N(C)CC1CCN(CC(C)C)C1. The second-order valence-corrected chi connectivity index (χ2v) is 7.42. The molecule has 0 aliphatic carbocycles. The second kappa shape index (κ2) is 7.38. The van der Waals surface area contributed by atoms with Crippen LogP contribution in [-0.4, -0.2) is 65.0 Å². The highest BCUT2D eigenvalue weighted by Gasteiger charge is 2.28. The van der Waals surface area contributed by atoms with Gasteiger partial charge in [0.25, 0.3) is 5.91 Å². The zero-order valence-corrected chi connectivity index (χ0v) is 15.3. The van der Waals surface area contributed by atoms with Crippen molar-refractivity contribution in [3.8, 4) is 0 Å². The van der Waals surface area contributed by atoms with Crippen LogP contribution in [-0.2, 0) is 0 Å². The summed E-state index contributed by atoms with van der Waals surface area (Å²) in [4.78, 5) is 31.0. The molecule has 1 aliphatic rings. The van der Waals surface area contributed by atoms with Gasteiger partial charge in [0.1, 0.15) is 5.69 Å². The van der Waals surface area contributed by atoms with E-state index >= 15 is 0 Å². The van der Waals surface area contributed by atoms with Gasteiger partial charge in [-0.05, 0) is 44.2 Å². The summed E-state index contributed by atoms with van der Waals surface area (Å²) in [5.41, 5.74) is 1.74. The molecule has 0 saturated carbocycles. The van der Waals surface area contributed by atoms with Gasteiger partial charge in [-0.3, -0.25) is 4.79 Å². The van der Waals surface area contributed by atoms with Crippen molar-refractivity contribution in [1.82, 2.24) is 14.8 Å². The zero-order valence-electron chi connectivity index (χ0n) is 15.3. The first kappa shape index (κ1) is 18.5. The van der Waals surface area contributed by atoms with E-state index in [9.17, 15) is 14.7 Å². The van der Waals surface area contributed by atoms with Gasteiger partial charge in [0, 0.05) is 32.4 Å². The van der Waals surface area contributed by atoms with Gasteiger partial charge in [-0.2, -0.15) is 0 Å². The van der Waals surface area contributed by atoms with Gasteiger partial charge >= 0.3 is 5.97 Å². The number of nitrogens with one attached hydrogen (secondary N) is 1. The number of likely N-dealkylation sites (tertiary alicyclic amines) is 1. The smallest absolute Gasteiger partial charge is 0.352 e. The maximum absolute atomic E-state index is 12.8. The minimum Gasteiger partial charge on any atom is -0.477 e. The van der Waals surface area contributed by atoms with Crippen LogP contribution in [0.25, 0.3) is 0 Å². The molecule has 1 aromatic rings. The van der Waals surface area contributed by atoms with Gasteiger partial charge in [-0.1, -0.05) is 13.8 Å². The number of H-pyrrole nitrogens is 1. The molecule has 1 amide bonds. The number of aromatic nitrogens is 1. The maximum Gasteiger partial charge on any atom is 0.352 e. The molecule has 6 nitrogen and oxygen atoms in total. The molecular weight excluding hydrogens is 306 g/mol. The molecule has 1 fully saturated rings. The summed E-state index contributed by atoms with van der Waals surface area (Å²) in [5, 5.41) is 9.19. The number of aromatic carboxylic acids is 1. The molecule has 24 heavy (non-hydrogen) atoms. The van der Waals surface area contributed by atoms with E-state index < -0.39 is 5.97 Å². The Kier molecular flexibility index (Phi) is 5.70. The van der Waals surface area contributed by atoms with Crippen molar-refractivity contribution in [2.24, 2.45) is 11.8 Å². The lowest BCUT2D eigenvalue weighted by Gasteiger charge is -2.23. The number of amides is 1. The molecule has 1 aromatic heterocycles. The summed E-state index contributed by atoms with van der Waals surface area (Å²) in [6, 6.07) is 0. The molecule has 1 aliphatic heterocycles. The van der Waals surface area contributed by atoms with Crippen molar-refractivity contribution in [2.75, 3.05) is 33.2 Å². The molecule has 0 aromatic carbocycles. The van der Waals surface area contributed by atoms with Crippen LogP contribution in [0, 0.1) is 25.7 Å². The summed E-state index contributed by atoms with van der Waals surface area (Å²) < 4.78 is 0. The lowest BCUT2D eigenvalue weighted by Crippen LogP contribution is -2.34. The van der Waals surface area contributed by atoms with Gasteiger partial charge in [-0.15, -0.1) is 0 Å². The molecule has 6 heteroatoms. The number of aryl methyl sites for hydroxylation is 1. The van der Waals surface area contributed by atoms with E-state index in [1.807, 2.05) is 0 Å². The first-order chi connectivity index (χ1) is 11.2.